The number of para-hydroxylation sites is 1. The van der Waals surface area contributed by atoms with Gasteiger partial charge < -0.3 is 4.74 Å². The van der Waals surface area contributed by atoms with E-state index in [1.165, 1.54) is 11.0 Å². The van der Waals surface area contributed by atoms with Gasteiger partial charge in [0.15, 0.2) is 12.4 Å². The third kappa shape index (κ3) is 3.42. The van der Waals surface area contributed by atoms with Gasteiger partial charge in [-0.1, -0.05) is 25.5 Å². The lowest BCUT2D eigenvalue weighted by Crippen LogP contribution is -2.13. The molecule has 0 saturated carbocycles. The molecule has 0 unspecified atom stereocenters. The number of carbonyl (C=O) groups is 1. The summed E-state index contributed by atoms with van der Waals surface area (Å²) in [6.07, 6.45) is 3.39. The van der Waals surface area contributed by atoms with E-state index < -0.39 is 5.97 Å². The molecule has 0 aliphatic carbocycles. The van der Waals surface area contributed by atoms with Crippen molar-refractivity contribution in [2.45, 2.75) is 32.9 Å². The third-order valence-corrected chi connectivity index (χ3v) is 3.38. The van der Waals surface area contributed by atoms with Crippen molar-refractivity contribution < 1.29 is 9.53 Å². The van der Waals surface area contributed by atoms with Crippen LogP contribution in [0.3, 0.4) is 0 Å². The van der Waals surface area contributed by atoms with Crippen LogP contribution in [0.25, 0.3) is 5.69 Å². The van der Waals surface area contributed by atoms with Gasteiger partial charge in [0.05, 0.1) is 11.3 Å². The van der Waals surface area contributed by atoms with Gasteiger partial charge >= 0.3 is 5.97 Å². The standard InChI is InChI=1S/C14H16N8O2/c1-2-3-8-21-13(16-18-20-21)9-24-14(23)11-6-4-5-7-12(11)22-10-15-17-19-22/h4-7,10H,2-3,8-9H2,1H3. The van der Waals surface area contributed by atoms with Crippen molar-refractivity contribution in [1.29, 1.82) is 0 Å². The van der Waals surface area contributed by atoms with E-state index in [-0.39, 0.29) is 6.61 Å². The topological polar surface area (TPSA) is 114 Å². The molecule has 0 aliphatic rings. The fourth-order valence-corrected chi connectivity index (χ4v) is 2.13. The molecule has 0 radical (unpaired) electrons. The number of benzene rings is 1. The van der Waals surface area contributed by atoms with Crippen LogP contribution in [0.15, 0.2) is 30.6 Å². The molecule has 0 amide bonds. The minimum atomic E-state index is -0.494. The Morgan fingerprint density at radius 3 is 2.88 bits per heavy atom. The second-order valence-electron chi connectivity index (χ2n) is 5.02. The van der Waals surface area contributed by atoms with Crippen molar-refractivity contribution in [3.63, 3.8) is 0 Å². The molecule has 0 N–H and O–H groups in total. The molecular formula is C14H16N8O2. The molecule has 0 fully saturated rings. The first kappa shape index (κ1) is 15.7. The van der Waals surface area contributed by atoms with Gasteiger partial charge in [0, 0.05) is 6.54 Å². The number of hydrogen-bond acceptors (Lipinski definition) is 8. The predicted molar refractivity (Wildman–Crippen MR) is 81.0 cm³/mol. The zero-order chi connectivity index (χ0) is 16.8. The van der Waals surface area contributed by atoms with Gasteiger partial charge in [-0.25, -0.2) is 9.48 Å². The van der Waals surface area contributed by atoms with E-state index in [9.17, 15) is 4.79 Å². The highest BCUT2D eigenvalue weighted by Gasteiger charge is 2.16. The summed E-state index contributed by atoms with van der Waals surface area (Å²) in [5.41, 5.74) is 0.899. The Labute approximate surface area is 137 Å². The van der Waals surface area contributed by atoms with Crippen LogP contribution in [0, 0.1) is 0 Å². The molecule has 0 saturated heterocycles. The van der Waals surface area contributed by atoms with Gasteiger partial charge in [0.2, 0.25) is 0 Å². The highest BCUT2D eigenvalue weighted by atomic mass is 16.5. The summed E-state index contributed by atoms with van der Waals surface area (Å²) in [7, 11) is 0. The number of rotatable bonds is 7. The molecule has 124 valence electrons. The maximum absolute atomic E-state index is 12.4. The van der Waals surface area contributed by atoms with E-state index in [1.807, 2.05) is 0 Å². The monoisotopic (exact) mass is 328 g/mol. The van der Waals surface area contributed by atoms with Crippen molar-refractivity contribution in [1.82, 2.24) is 40.4 Å². The van der Waals surface area contributed by atoms with Crippen LogP contribution in [0.1, 0.15) is 35.9 Å². The number of carbonyl (C=O) groups excluding carboxylic acids is 1. The van der Waals surface area contributed by atoms with E-state index >= 15 is 0 Å². The maximum atomic E-state index is 12.4. The first-order chi connectivity index (χ1) is 11.8. The van der Waals surface area contributed by atoms with E-state index in [4.69, 9.17) is 4.74 Å². The molecule has 0 aliphatic heterocycles. The number of nitrogens with zero attached hydrogens (tertiary/aromatic N) is 8. The van der Waals surface area contributed by atoms with Crippen molar-refractivity contribution in [3.05, 3.63) is 42.0 Å². The van der Waals surface area contributed by atoms with Crippen LogP contribution in [0.2, 0.25) is 0 Å². The summed E-state index contributed by atoms with van der Waals surface area (Å²) in [5.74, 6) is 0.0165. The molecule has 24 heavy (non-hydrogen) atoms. The van der Waals surface area contributed by atoms with Gasteiger partial charge in [-0.3, -0.25) is 0 Å². The zero-order valence-electron chi connectivity index (χ0n) is 13.1. The molecule has 3 aromatic rings. The van der Waals surface area contributed by atoms with Crippen molar-refractivity contribution >= 4 is 5.97 Å². The summed E-state index contributed by atoms with van der Waals surface area (Å²) >= 11 is 0. The quantitative estimate of drug-likeness (QED) is 0.585. The summed E-state index contributed by atoms with van der Waals surface area (Å²) in [4.78, 5) is 12.4. The van der Waals surface area contributed by atoms with Crippen LogP contribution in [-0.4, -0.2) is 46.4 Å². The first-order valence-electron chi connectivity index (χ1n) is 7.54. The van der Waals surface area contributed by atoms with Crippen LogP contribution < -0.4 is 0 Å². The van der Waals surface area contributed by atoms with E-state index in [0.29, 0.717) is 23.6 Å². The molecule has 3 rings (SSSR count). The van der Waals surface area contributed by atoms with Crippen molar-refractivity contribution in [3.8, 4) is 5.69 Å². The number of aromatic nitrogens is 8. The van der Waals surface area contributed by atoms with E-state index in [2.05, 4.69) is 38.0 Å². The molecule has 2 heterocycles. The molecule has 1 aromatic carbocycles. The van der Waals surface area contributed by atoms with Crippen molar-refractivity contribution in [2.75, 3.05) is 0 Å². The molecule has 0 atom stereocenters. The average Bonchev–Trinajstić information content (AvgIpc) is 3.29. The Kier molecular flexibility index (Phi) is 4.84. The fourth-order valence-electron chi connectivity index (χ4n) is 2.13. The maximum Gasteiger partial charge on any atom is 0.340 e. The number of ether oxygens (including phenoxy) is 1. The highest BCUT2D eigenvalue weighted by molar-refractivity contribution is 5.93. The first-order valence-corrected chi connectivity index (χ1v) is 7.54. The fraction of sp³-hybridized carbons (Fsp3) is 0.357. The number of tetrazole rings is 2. The highest BCUT2D eigenvalue weighted by Crippen LogP contribution is 2.14. The molecule has 2 aromatic heterocycles. The smallest absolute Gasteiger partial charge is 0.340 e. The number of hydrogen-bond donors (Lipinski definition) is 0. The number of esters is 1. The largest absolute Gasteiger partial charge is 0.454 e. The third-order valence-electron chi connectivity index (χ3n) is 3.38. The Bertz CT molecular complexity index is 799. The van der Waals surface area contributed by atoms with Gasteiger partial charge in [-0.2, -0.15) is 4.68 Å². The predicted octanol–water partition coefficient (Wildman–Crippen LogP) is 0.806. The molecule has 0 spiro atoms. The summed E-state index contributed by atoms with van der Waals surface area (Å²) in [6, 6.07) is 6.92. The van der Waals surface area contributed by atoms with Gasteiger partial charge in [0.1, 0.15) is 6.33 Å². The molecule has 10 heteroatoms. The molecule has 0 bridgehead atoms. The Morgan fingerprint density at radius 2 is 2.08 bits per heavy atom. The van der Waals surface area contributed by atoms with E-state index in [0.717, 1.165) is 12.8 Å². The van der Waals surface area contributed by atoms with Crippen LogP contribution in [0.4, 0.5) is 0 Å². The molecular weight excluding hydrogens is 312 g/mol. The van der Waals surface area contributed by atoms with E-state index in [1.54, 1.807) is 28.9 Å². The lowest BCUT2D eigenvalue weighted by molar-refractivity contribution is 0.0456. The minimum absolute atomic E-state index is 0.000507. The molecule has 10 nitrogen and oxygen atoms in total. The number of aryl methyl sites for hydroxylation is 1. The van der Waals surface area contributed by atoms with Crippen LogP contribution >= 0.6 is 0 Å². The lowest BCUT2D eigenvalue weighted by Gasteiger charge is -2.08. The number of unbranched alkanes of at least 4 members (excludes halogenated alkanes) is 1. The second-order valence-corrected chi connectivity index (χ2v) is 5.02. The van der Waals surface area contributed by atoms with Crippen LogP contribution in [-0.2, 0) is 17.9 Å². The summed E-state index contributed by atoms with van der Waals surface area (Å²) in [5, 5.41) is 22.4. The van der Waals surface area contributed by atoms with Gasteiger partial charge in [-0.05, 0) is 39.4 Å². The average molecular weight is 328 g/mol. The lowest BCUT2D eigenvalue weighted by atomic mass is 10.2. The van der Waals surface area contributed by atoms with Gasteiger partial charge in [-0.15, -0.1) is 10.2 Å². The zero-order valence-corrected chi connectivity index (χ0v) is 13.1. The Balaban J connectivity index is 1.72. The summed E-state index contributed by atoms with van der Waals surface area (Å²) in [6.45, 7) is 2.77. The Morgan fingerprint density at radius 1 is 1.21 bits per heavy atom. The van der Waals surface area contributed by atoms with Crippen molar-refractivity contribution in [2.24, 2.45) is 0 Å². The van der Waals surface area contributed by atoms with Gasteiger partial charge in [0.25, 0.3) is 0 Å². The SMILES string of the molecule is CCCCn1nnnc1COC(=O)c1ccccc1-n1cnnn1. The Hall–Kier alpha value is -3.17. The second kappa shape index (κ2) is 7.40. The minimum Gasteiger partial charge on any atom is -0.454 e. The summed E-state index contributed by atoms with van der Waals surface area (Å²) < 4.78 is 8.40. The normalized spacial score (nSPS) is 10.7. The van der Waals surface area contributed by atoms with Crippen LogP contribution in [0.5, 0.6) is 0 Å².